The molecule has 3 nitrogen and oxygen atoms in total. The van der Waals surface area contributed by atoms with Gasteiger partial charge in [0.1, 0.15) is 0 Å². The maximum atomic E-state index is 11.0. The summed E-state index contributed by atoms with van der Waals surface area (Å²) in [6, 6.07) is 6.10. The van der Waals surface area contributed by atoms with Gasteiger partial charge in [0.25, 0.3) is 0 Å². The topological polar surface area (TPSA) is 40.5 Å². The Kier molecular flexibility index (Phi) is 3.60. The van der Waals surface area contributed by atoms with E-state index < -0.39 is 11.9 Å². The number of carboxylic acids is 1. The molecule has 0 radical (unpaired) electrons. The Morgan fingerprint density at radius 3 is 2.72 bits per heavy atom. The molecule has 1 aliphatic heterocycles. The summed E-state index contributed by atoms with van der Waals surface area (Å²) in [6.07, 6.45) is 1.07. The van der Waals surface area contributed by atoms with Gasteiger partial charge in [0.15, 0.2) is 0 Å². The third-order valence-electron chi connectivity index (χ3n) is 3.56. The quantitative estimate of drug-likeness (QED) is 0.889. The van der Waals surface area contributed by atoms with Gasteiger partial charge in [-0.25, -0.2) is 0 Å². The Bertz CT molecular complexity index is 454. The van der Waals surface area contributed by atoms with Gasteiger partial charge >= 0.3 is 5.97 Å². The van der Waals surface area contributed by atoms with Gasteiger partial charge in [0.2, 0.25) is 0 Å². The molecule has 1 unspecified atom stereocenters. The molecule has 2 rings (SSSR count). The average Bonchev–Trinajstić information content (AvgIpc) is 2.70. The van der Waals surface area contributed by atoms with Gasteiger partial charge in [0, 0.05) is 18.8 Å². The number of aliphatic carboxylic acids is 1. The van der Waals surface area contributed by atoms with E-state index in [1.165, 1.54) is 11.3 Å². The first-order chi connectivity index (χ1) is 8.49. The van der Waals surface area contributed by atoms with Crippen LogP contribution in [0.1, 0.15) is 37.8 Å². The summed E-state index contributed by atoms with van der Waals surface area (Å²) in [7, 11) is 0. The summed E-state index contributed by atoms with van der Waals surface area (Å²) in [5.41, 5.74) is 3.48. The SMILES string of the molecule is CC(C)CN1CCc2ccc(C(C)C(=O)O)cc21. The molecule has 0 aromatic heterocycles. The Balaban J connectivity index is 2.27. The molecule has 1 heterocycles. The number of rotatable bonds is 4. The molecule has 1 aromatic rings. The van der Waals surface area contributed by atoms with E-state index in [-0.39, 0.29) is 0 Å². The van der Waals surface area contributed by atoms with Crippen LogP contribution in [0.25, 0.3) is 0 Å². The van der Waals surface area contributed by atoms with E-state index >= 15 is 0 Å². The van der Waals surface area contributed by atoms with Gasteiger partial charge in [-0.1, -0.05) is 26.0 Å². The molecule has 1 aliphatic rings. The Hall–Kier alpha value is -1.51. The maximum Gasteiger partial charge on any atom is 0.310 e. The molecule has 0 aliphatic carbocycles. The van der Waals surface area contributed by atoms with Crippen LogP contribution in [0.2, 0.25) is 0 Å². The standard InChI is InChI=1S/C15H21NO2/c1-10(2)9-16-7-6-12-4-5-13(8-14(12)16)11(3)15(17)18/h4-5,8,10-11H,6-7,9H2,1-3H3,(H,17,18). The average molecular weight is 247 g/mol. The zero-order valence-electron chi connectivity index (χ0n) is 11.3. The van der Waals surface area contributed by atoms with E-state index in [9.17, 15) is 4.79 Å². The highest BCUT2D eigenvalue weighted by molar-refractivity contribution is 5.76. The van der Waals surface area contributed by atoms with E-state index in [1.54, 1.807) is 6.92 Å². The van der Waals surface area contributed by atoms with Crippen molar-refractivity contribution >= 4 is 11.7 Å². The van der Waals surface area contributed by atoms with Crippen LogP contribution in [0.4, 0.5) is 5.69 Å². The Morgan fingerprint density at radius 2 is 2.11 bits per heavy atom. The lowest BCUT2D eigenvalue weighted by atomic mass is 9.99. The molecule has 1 atom stereocenters. The number of hydrogen-bond donors (Lipinski definition) is 1. The van der Waals surface area contributed by atoms with E-state index in [1.807, 2.05) is 6.07 Å². The fourth-order valence-electron chi connectivity index (χ4n) is 2.50. The highest BCUT2D eigenvalue weighted by atomic mass is 16.4. The molecule has 18 heavy (non-hydrogen) atoms. The van der Waals surface area contributed by atoms with Gasteiger partial charge in [-0.2, -0.15) is 0 Å². The maximum absolute atomic E-state index is 11.0. The van der Waals surface area contributed by atoms with Gasteiger partial charge in [-0.15, -0.1) is 0 Å². The molecule has 98 valence electrons. The fraction of sp³-hybridized carbons (Fsp3) is 0.533. The zero-order valence-corrected chi connectivity index (χ0v) is 11.3. The van der Waals surface area contributed by atoms with Gasteiger partial charge in [-0.3, -0.25) is 4.79 Å². The van der Waals surface area contributed by atoms with E-state index in [2.05, 4.69) is 30.9 Å². The molecule has 0 bridgehead atoms. The van der Waals surface area contributed by atoms with Crippen LogP contribution in [-0.2, 0) is 11.2 Å². The number of carbonyl (C=O) groups is 1. The number of hydrogen-bond acceptors (Lipinski definition) is 2. The highest BCUT2D eigenvalue weighted by Gasteiger charge is 2.22. The second-order valence-corrected chi connectivity index (χ2v) is 5.54. The van der Waals surface area contributed by atoms with E-state index in [4.69, 9.17) is 5.11 Å². The second-order valence-electron chi connectivity index (χ2n) is 5.54. The first kappa shape index (κ1) is 12.9. The van der Waals surface area contributed by atoms with E-state index in [0.717, 1.165) is 25.1 Å². The van der Waals surface area contributed by atoms with Crippen molar-refractivity contribution in [3.05, 3.63) is 29.3 Å². The number of carboxylic acid groups (broad SMARTS) is 1. The summed E-state index contributed by atoms with van der Waals surface area (Å²) >= 11 is 0. The molecule has 0 amide bonds. The largest absolute Gasteiger partial charge is 0.481 e. The van der Waals surface area contributed by atoms with Crippen LogP contribution in [0.15, 0.2) is 18.2 Å². The summed E-state index contributed by atoms with van der Waals surface area (Å²) in [5.74, 6) is -0.573. The predicted molar refractivity (Wildman–Crippen MR) is 73.2 cm³/mol. The number of anilines is 1. The van der Waals surface area contributed by atoms with Crippen molar-refractivity contribution in [3.63, 3.8) is 0 Å². The van der Waals surface area contributed by atoms with Crippen molar-refractivity contribution < 1.29 is 9.90 Å². The van der Waals surface area contributed by atoms with Gasteiger partial charge in [-0.05, 0) is 36.5 Å². The molecule has 0 saturated carbocycles. The molecular weight excluding hydrogens is 226 g/mol. The van der Waals surface area contributed by atoms with Crippen molar-refractivity contribution in [3.8, 4) is 0 Å². The smallest absolute Gasteiger partial charge is 0.310 e. The highest BCUT2D eigenvalue weighted by Crippen LogP contribution is 2.31. The van der Waals surface area contributed by atoms with Crippen molar-refractivity contribution in [1.82, 2.24) is 0 Å². The van der Waals surface area contributed by atoms with Crippen molar-refractivity contribution in [2.45, 2.75) is 33.1 Å². The van der Waals surface area contributed by atoms with Crippen LogP contribution in [0.3, 0.4) is 0 Å². The summed E-state index contributed by atoms with van der Waals surface area (Å²) in [5, 5.41) is 9.08. The Labute approximate surface area is 108 Å². The van der Waals surface area contributed by atoms with Gasteiger partial charge < -0.3 is 10.0 Å². The lowest BCUT2D eigenvalue weighted by molar-refractivity contribution is -0.138. The predicted octanol–water partition coefficient (Wildman–Crippen LogP) is 2.89. The van der Waals surface area contributed by atoms with Crippen LogP contribution in [0.5, 0.6) is 0 Å². The number of fused-ring (bicyclic) bond motifs is 1. The molecule has 0 spiro atoms. The van der Waals surface area contributed by atoms with Crippen LogP contribution in [-0.4, -0.2) is 24.2 Å². The third kappa shape index (κ3) is 2.50. The minimum Gasteiger partial charge on any atom is -0.481 e. The molecule has 1 N–H and O–H groups in total. The summed E-state index contributed by atoms with van der Waals surface area (Å²) in [4.78, 5) is 13.4. The van der Waals surface area contributed by atoms with Crippen molar-refractivity contribution in [1.29, 1.82) is 0 Å². The Morgan fingerprint density at radius 1 is 1.39 bits per heavy atom. The summed E-state index contributed by atoms with van der Waals surface area (Å²) in [6.45, 7) is 8.26. The number of nitrogens with zero attached hydrogens (tertiary/aromatic N) is 1. The number of benzene rings is 1. The normalized spacial score (nSPS) is 15.9. The lowest BCUT2D eigenvalue weighted by Crippen LogP contribution is -2.25. The third-order valence-corrected chi connectivity index (χ3v) is 3.56. The molecular formula is C15H21NO2. The minimum atomic E-state index is -0.761. The minimum absolute atomic E-state index is 0.434. The first-order valence-electron chi connectivity index (χ1n) is 6.59. The van der Waals surface area contributed by atoms with Crippen LogP contribution >= 0.6 is 0 Å². The zero-order chi connectivity index (χ0) is 13.3. The van der Waals surface area contributed by atoms with Crippen LogP contribution < -0.4 is 4.90 Å². The molecule has 3 heteroatoms. The molecule has 0 fully saturated rings. The first-order valence-corrected chi connectivity index (χ1v) is 6.59. The van der Waals surface area contributed by atoms with Crippen LogP contribution in [0, 0.1) is 5.92 Å². The van der Waals surface area contributed by atoms with Crippen molar-refractivity contribution in [2.75, 3.05) is 18.0 Å². The second kappa shape index (κ2) is 5.01. The summed E-state index contributed by atoms with van der Waals surface area (Å²) < 4.78 is 0. The molecule has 1 aromatic carbocycles. The van der Waals surface area contributed by atoms with Crippen molar-refractivity contribution in [2.24, 2.45) is 5.92 Å². The fourth-order valence-corrected chi connectivity index (χ4v) is 2.50. The van der Waals surface area contributed by atoms with E-state index in [0.29, 0.717) is 5.92 Å². The lowest BCUT2D eigenvalue weighted by Gasteiger charge is -2.22. The van der Waals surface area contributed by atoms with Gasteiger partial charge in [0.05, 0.1) is 5.92 Å². The monoisotopic (exact) mass is 247 g/mol. The molecule has 0 saturated heterocycles.